The molecule has 136 valence electrons. The van der Waals surface area contributed by atoms with Gasteiger partial charge in [0, 0.05) is 30.9 Å². The molecule has 4 rings (SSSR count). The van der Waals surface area contributed by atoms with Crippen LogP contribution >= 0.6 is 0 Å². The molecule has 2 aliphatic heterocycles. The molecule has 7 nitrogen and oxygen atoms in total. The van der Waals surface area contributed by atoms with Gasteiger partial charge in [-0.3, -0.25) is 14.8 Å². The van der Waals surface area contributed by atoms with Crippen LogP contribution in [0.1, 0.15) is 24.2 Å². The number of likely N-dealkylation sites (tertiary alicyclic amines) is 1. The molecule has 1 amide bonds. The molecule has 2 aromatic heterocycles. The van der Waals surface area contributed by atoms with Gasteiger partial charge in [-0.05, 0) is 19.1 Å². The number of amides is 1. The van der Waals surface area contributed by atoms with Crippen molar-refractivity contribution >= 4 is 5.91 Å². The van der Waals surface area contributed by atoms with Crippen molar-refractivity contribution in [2.24, 2.45) is 0 Å². The number of aromatic nitrogens is 3. The van der Waals surface area contributed by atoms with E-state index in [1.165, 1.54) is 0 Å². The quantitative estimate of drug-likeness (QED) is 0.829. The number of carbonyl (C=O) groups excluding carboxylic acids is 1. The second kappa shape index (κ2) is 6.99. The standard InChI is InChI=1S/C19H22N4O3/c1-14-10-20-11-17(22-14)26-16-5-7-25-19(9-16)12-23(13-19)18(24)8-15-4-2-3-6-21-15/h2-4,6,10-11,16H,5,7-9,12-13H2,1H3/t16-/m1/s1. The summed E-state index contributed by atoms with van der Waals surface area (Å²) in [5.41, 5.74) is 1.33. The fourth-order valence-corrected chi connectivity index (χ4v) is 3.57. The van der Waals surface area contributed by atoms with Crippen LogP contribution < -0.4 is 4.74 Å². The molecule has 0 bridgehead atoms. The van der Waals surface area contributed by atoms with Gasteiger partial charge >= 0.3 is 0 Å². The second-order valence-corrected chi connectivity index (χ2v) is 7.01. The van der Waals surface area contributed by atoms with Gasteiger partial charge in [0.05, 0.1) is 38.0 Å². The fraction of sp³-hybridized carbons (Fsp3) is 0.474. The average Bonchev–Trinajstić information content (AvgIpc) is 2.60. The van der Waals surface area contributed by atoms with Crippen LogP contribution in [0.5, 0.6) is 5.88 Å². The van der Waals surface area contributed by atoms with Crippen LogP contribution in [0.4, 0.5) is 0 Å². The zero-order valence-corrected chi connectivity index (χ0v) is 14.8. The van der Waals surface area contributed by atoms with Crippen molar-refractivity contribution in [1.29, 1.82) is 0 Å². The van der Waals surface area contributed by atoms with Crippen molar-refractivity contribution in [3.05, 3.63) is 48.2 Å². The van der Waals surface area contributed by atoms with E-state index in [0.717, 1.165) is 24.2 Å². The van der Waals surface area contributed by atoms with Crippen molar-refractivity contribution < 1.29 is 14.3 Å². The maximum Gasteiger partial charge on any atom is 0.232 e. The molecule has 0 radical (unpaired) electrons. The minimum Gasteiger partial charge on any atom is -0.473 e. The summed E-state index contributed by atoms with van der Waals surface area (Å²) in [5.74, 6) is 0.639. The van der Waals surface area contributed by atoms with Gasteiger partial charge < -0.3 is 14.4 Å². The summed E-state index contributed by atoms with van der Waals surface area (Å²) in [7, 11) is 0. The van der Waals surface area contributed by atoms with E-state index in [4.69, 9.17) is 9.47 Å². The van der Waals surface area contributed by atoms with E-state index in [1.807, 2.05) is 30.0 Å². The minimum absolute atomic E-state index is 0.0351. The Hall–Kier alpha value is -2.54. The summed E-state index contributed by atoms with van der Waals surface area (Å²) in [6.07, 6.45) is 6.99. The predicted octanol–water partition coefficient (Wildman–Crippen LogP) is 1.56. The molecule has 7 heteroatoms. The minimum atomic E-state index is -0.292. The van der Waals surface area contributed by atoms with Gasteiger partial charge in [0.15, 0.2) is 0 Å². The maximum absolute atomic E-state index is 12.4. The monoisotopic (exact) mass is 354 g/mol. The lowest BCUT2D eigenvalue weighted by atomic mass is 9.84. The number of hydrogen-bond donors (Lipinski definition) is 0. The number of hydrogen-bond acceptors (Lipinski definition) is 6. The largest absolute Gasteiger partial charge is 0.473 e. The van der Waals surface area contributed by atoms with Gasteiger partial charge in [0.25, 0.3) is 0 Å². The van der Waals surface area contributed by atoms with E-state index in [0.29, 0.717) is 32.0 Å². The summed E-state index contributed by atoms with van der Waals surface area (Å²) in [6, 6.07) is 5.62. The topological polar surface area (TPSA) is 77.4 Å². The van der Waals surface area contributed by atoms with Crippen LogP contribution in [-0.4, -0.2) is 57.2 Å². The second-order valence-electron chi connectivity index (χ2n) is 7.01. The number of pyridine rings is 1. The predicted molar refractivity (Wildman–Crippen MR) is 93.6 cm³/mol. The highest BCUT2D eigenvalue weighted by molar-refractivity contribution is 5.79. The third kappa shape index (κ3) is 3.67. The molecule has 0 unspecified atom stereocenters. The lowest BCUT2D eigenvalue weighted by molar-refractivity contribution is -0.193. The van der Waals surface area contributed by atoms with Crippen molar-refractivity contribution in [2.75, 3.05) is 19.7 Å². The molecule has 2 fully saturated rings. The Balaban J connectivity index is 1.32. The van der Waals surface area contributed by atoms with Gasteiger partial charge in [-0.2, -0.15) is 0 Å². The first-order chi connectivity index (χ1) is 12.6. The maximum atomic E-state index is 12.4. The Morgan fingerprint density at radius 1 is 1.38 bits per heavy atom. The first kappa shape index (κ1) is 16.9. The molecule has 1 spiro atoms. The number of ether oxygens (including phenoxy) is 2. The molecular formula is C19H22N4O3. The molecule has 1 atom stereocenters. The molecule has 4 heterocycles. The molecule has 26 heavy (non-hydrogen) atoms. The summed E-state index contributed by atoms with van der Waals surface area (Å²) in [5, 5.41) is 0. The smallest absolute Gasteiger partial charge is 0.232 e. The van der Waals surface area contributed by atoms with E-state index >= 15 is 0 Å². The van der Waals surface area contributed by atoms with Crippen LogP contribution in [0, 0.1) is 6.92 Å². The molecule has 2 saturated heterocycles. The zero-order valence-electron chi connectivity index (χ0n) is 14.8. The molecule has 0 aromatic carbocycles. The normalized spacial score (nSPS) is 21.3. The lowest BCUT2D eigenvalue weighted by Crippen LogP contribution is -2.67. The highest BCUT2D eigenvalue weighted by Crippen LogP contribution is 2.35. The van der Waals surface area contributed by atoms with Gasteiger partial charge in [-0.25, -0.2) is 4.98 Å². The SMILES string of the molecule is Cc1cncc(O[C@@H]2CCOC3(C2)CN(C(=O)Cc2ccccn2)C3)n1. The Kier molecular flexibility index (Phi) is 4.55. The Morgan fingerprint density at radius 3 is 3.04 bits per heavy atom. The van der Waals surface area contributed by atoms with Crippen molar-refractivity contribution in [3.8, 4) is 5.88 Å². The summed E-state index contributed by atoms with van der Waals surface area (Å²) in [4.78, 5) is 26.9. The van der Waals surface area contributed by atoms with Crippen LogP contribution in [0.2, 0.25) is 0 Å². The number of carbonyl (C=O) groups is 1. The van der Waals surface area contributed by atoms with E-state index in [-0.39, 0.29) is 17.6 Å². The van der Waals surface area contributed by atoms with Crippen LogP contribution in [0.25, 0.3) is 0 Å². The number of aryl methyl sites for hydroxylation is 1. The van der Waals surface area contributed by atoms with Crippen LogP contribution in [-0.2, 0) is 16.0 Å². The molecular weight excluding hydrogens is 332 g/mol. The number of rotatable bonds is 4. The van der Waals surface area contributed by atoms with E-state index in [1.54, 1.807) is 18.6 Å². The molecule has 0 saturated carbocycles. The number of nitrogens with zero attached hydrogens (tertiary/aromatic N) is 4. The summed E-state index contributed by atoms with van der Waals surface area (Å²) < 4.78 is 12.0. The zero-order chi connectivity index (χ0) is 18.0. The van der Waals surface area contributed by atoms with Gasteiger partial charge in [-0.15, -0.1) is 0 Å². The van der Waals surface area contributed by atoms with Crippen LogP contribution in [0.15, 0.2) is 36.8 Å². The average molecular weight is 354 g/mol. The first-order valence-electron chi connectivity index (χ1n) is 8.89. The molecule has 0 aliphatic carbocycles. The van der Waals surface area contributed by atoms with E-state index < -0.39 is 0 Å². The Bertz CT molecular complexity index is 777. The van der Waals surface area contributed by atoms with Gasteiger partial charge in [-0.1, -0.05) is 6.07 Å². The van der Waals surface area contributed by atoms with Crippen molar-refractivity contribution in [2.45, 2.75) is 37.9 Å². The van der Waals surface area contributed by atoms with Gasteiger partial charge in [0.1, 0.15) is 11.7 Å². The highest BCUT2D eigenvalue weighted by Gasteiger charge is 2.49. The summed E-state index contributed by atoms with van der Waals surface area (Å²) >= 11 is 0. The lowest BCUT2D eigenvalue weighted by Gasteiger charge is -2.52. The van der Waals surface area contributed by atoms with Crippen molar-refractivity contribution in [3.63, 3.8) is 0 Å². The molecule has 2 aliphatic rings. The van der Waals surface area contributed by atoms with Gasteiger partial charge in [0.2, 0.25) is 11.8 Å². The highest BCUT2D eigenvalue weighted by atomic mass is 16.5. The molecule has 0 N–H and O–H groups in total. The first-order valence-corrected chi connectivity index (χ1v) is 8.89. The third-order valence-electron chi connectivity index (χ3n) is 4.84. The van der Waals surface area contributed by atoms with E-state index in [2.05, 4.69) is 15.0 Å². The fourth-order valence-electron chi connectivity index (χ4n) is 3.57. The Labute approximate surface area is 152 Å². The third-order valence-corrected chi connectivity index (χ3v) is 4.84. The van der Waals surface area contributed by atoms with Crippen molar-refractivity contribution in [1.82, 2.24) is 19.9 Å². The summed E-state index contributed by atoms with van der Waals surface area (Å²) in [6.45, 7) is 3.74. The molecule has 2 aromatic rings. The Morgan fingerprint density at radius 2 is 2.27 bits per heavy atom. The van der Waals surface area contributed by atoms with E-state index in [9.17, 15) is 4.79 Å². The van der Waals surface area contributed by atoms with Crippen LogP contribution in [0.3, 0.4) is 0 Å².